The molecule has 1 amide bonds. The highest BCUT2D eigenvalue weighted by atomic mass is 32.2. The molecule has 0 aromatic heterocycles. The quantitative estimate of drug-likeness (QED) is 0.891. The van der Waals surface area contributed by atoms with Crippen LogP contribution >= 0.6 is 11.8 Å². The molecule has 1 aliphatic heterocycles. The molecule has 0 aliphatic carbocycles. The smallest absolute Gasteiger partial charge is 0.223 e. The number of benzene rings is 1. The van der Waals surface area contributed by atoms with Crippen molar-refractivity contribution in [2.45, 2.75) is 18.9 Å². The summed E-state index contributed by atoms with van der Waals surface area (Å²) in [6.07, 6.45) is 1.55. The van der Waals surface area contributed by atoms with Crippen molar-refractivity contribution in [1.29, 1.82) is 0 Å². The topological polar surface area (TPSA) is 32.3 Å². The van der Waals surface area contributed by atoms with Crippen molar-refractivity contribution in [3.8, 4) is 0 Å². The molecule has 2 rings (SSSR count). The lowest BCUT2D eigenvalue weighted by Crippen LogP contribution is -2.42. The van der Waals surface area contributed by atoms with Crippen LogP contribution in [-0.2, 0) is 11.2 Å². The molecule has 1 aromatic carbocycles. The Morgan fingerprint density at radius 1 is 1.42 bits per heavy atom. The van der Waals surface area contributed by atoms with Crippen molar-refractivity contribution in [1.82, 2.24) is 10.2 Å². The number of nitrogens with one attached hydrogen (secondary N) is 1. The van der Waals surface area contributed by atoms with Crippen LogP contribution in [0.25, 0.3) is 0 Å². The highest BCUT2D eigenvalue weighted by Crippen LogP contribution is 2.11. The fraction of sp³-hybridized carbons (Fsp3) is 0.533. The number of amides is 1. The highest BCUT2D eigenvalue weighted by molar-refractivity contribution is 7.99. The van der Waals surface area contributed by atoms with Gasteiger partial charge in [0.25, 0.3) is 0 Å². The van der Waals surface area contributed by atoms with Crippen LogP contribution in [0.2, 0.25) is 0 Å². The monoisotopic (exact) mass is 278 g/mol. The molecule has 1 saturated heterocycles. The van der Waals surface area contributed by atoms with Crippen LogP contribution in [0, 0.1) is 0 Å². The van der Waals surface area contributed by atoms with Gasteiger partial charge < -0.3 is 10.2 Å². The summed E-state index contributed by atoms with van der Waals surface area (Å²) in [5.41, 5.74) is 1.29. The molecule has 4 heteroatoms. The summed E-state index contributed by atoms with van der Waals surface area (Å²) in [4.78, 5) is 14.0. The zero-order chi connectivity index (χ0) is 13.5. The summed E-state index contributed by atoms with van der Waals surface area (Å²) < 4.78 is 0. The molecular formula is C15H22N2OS. The van der Waals surface area contributed by atoms with Gasteiger partial charge in [-0.2, -0.15) is 11.8 Å². The second kappa shape index (κ2) is 7.56. The van der Waals surface area contributed by atoms with Crippen LogP contribution in [0.1, 0.15) is 12.0 Å². The Morgan fingerprint density at radius 3 is 2.89 bits per heavy atom. The molecule has 0 saturated carbocycles. The van der Waals surface area contributed by atoms with E-state index in [0.29, 0.717) is 12.5 Å². The summed E-state index contributed by atoms with van der Waals surface area (Å²) in [6, 6.07) is 10.7. The van der Waals surface area contributed by atoms with Crippen LogP contribution in [0.4, 0.5) is 0 Å². The summed E-state index contributed by atoms with van der Waals surface area (Å²) in [5.74, 6) is 2.46. The molecule has 1 atom stereocenters. The van der Waals surface area contributed by atoms with E-state index in [2.05, 4.69) is 17.4 Å². The maximum atomic E-state index is 12.1. The number of nitrogens with zero attached hydrogens (tertiary/aromatic N) is 1. The summed E-state index contributed by atoms with van der Waals surface area (Å²) in [7, 11) is 1.90. The fourth-order valence-electron chi connectivity index (χ4n) is 2.18. The SMILES string of the molecule is CN(CCc1ccccc1)C(=O)CC1CSCCN1. The van der Waals surface area contributed by atoms with Gasteiger partial charge in [-0.1, -0.05) is 30.3 Å². The Hall–Kier alpha value is -1.00. The van der Waals surface area contributed by atoms with E-state index in [1.807, 2.05) is 41.9 Å². The van der Waals surface area contributed by atoms with Gasteiger partial charge in [0.15, 0.2) is 0 Å². The molecule has 0 bridgehead atoms. The van der Waals surface area contributed by atoms with Crippen LogP contribution in [0.15, 0.2) is 30.3 Å². The Labute approximate surface area is 119 Å². The van der Waals surface area contributed by atoms with Crippen molar-refractivity contribution in [2.24, 2.45) is 0 Å². The van der Waals surface area contributed by atoms with Crippen molar-refractivity contribution in [3.05, 3.63) is 35.9 Å². The molecular weight excluding hydrogens is 256 g/mol. The Balaban J connectivity index is 1.72. The molecule has 1 heterocycles. The average Bonchev–Trinajstić information content (AvgIpc) is 2.47. The standard InChI is InChI=1S/C15H22N2OS/c1-17(9-7-13-5-3-2-4-6-13)15(18)11-14-12-19-10-8-16-14/h2-6,14,16H,7-12H2,1H3. The first-order valence-electron chi connectivity index (χ1n) is 6.85. The van der Waals surface area contributed by atoms with Crippen molar-refractivity contribution >= 4 is 17.7 Å². The van der Waals surface area contributed by atoms with E-state index in [9.17, 15) is 4.79 Å². The van der Waals surface area contributed by atoms with Gasteiger partial charge in [-0.3, -0.25) is 4.79 Å². The Kier molecular flexibility index (Phi) is 5.73. The lowest BCUT2D eigenvalue weighted by atomic mass is 10.1. The number of hydrogen-bond acceptors (Lipinski definition) is 3. The molecule has 1 aliphatic rings. The molecule has 0 spiro atoms. The first kappa shape index (κ1) is 14.4. The van der Waals surface area contributed by atoms with Gasteiger partial charge in [0.05, 0.1) is 0 Å². The van der Waals surface area contributed by atoms with Crippen LogP contribution in [0.3, 0.4) is 0 Å². The van der Waals surface area contributed by atoms with E-state index in [0.717, 1.165) is 31.0 Å². The van der Waals surface area contributed by atoms with E-state index >= 15 is 0 Å². The minimum atomic E-state index is 0.246. The van der Waals surface area contributed by atoms with Crippen LogP contribution in [0.5, 0.6) is 0 Å². The van der Waals surface area contributed by atoms with E-state index in [1.54, 1.807) is 0 Å². The lowest BCUT2D eigenvalue weighted by Gasteiger charge is -2.25. The van der Waals surface area contributed by atoms with Crippen LogP contribution < -0.4 is 5.32 Å². The second-order valence-electron chi connectivity index (χ2n) is 4.98. The Morgan fingerprint density at radius 2 is 2.21 bits per heavy atom. The lowest BCUT2D eigenvalue weighted by molar-refractivity contribution is -0.130. The molecule has 3 nitrogen and oxygen atoms in total. The largest absolute Gasteiger partial charge is 0.345 e. The number of likely N-dealkylation sites (N-methyl/N-ethyl adjacent to an activating group) is 1. The number of carbonyl (C=O) groups excluding carboxylic acids is 1. The van der Waals surface area contributed by atoms with Crippen molar-refractivity contribution in [3.63, 3.8) is 0 Å². The number of rotatable bonds is 5. The maximum absolute atomic E-state index is 12.1. The summed E-state index contributed by atoms with van der Waals surface area (Å²) >= 11 is 1.93. The van der Waals surface area contributed by atoms with Gasteiger partial charge in [-0.05, 0) is 12.0 Å². The molecule has 19 heavy (non-hydrogen) atoms. The molecule has 1 aromatic rings. The van der Waals surface area contributed by atoms with Crippen molar-refractivity contribution in [2.75, 3.05) is 31.6 Å². The van der Waals surface area contributed by atoms with Gasteiger partial charge in [-0.25, -0.2) is 0 Å². The van der Waals surface area contributed by atoms with Crippen molar-refractivity contribution < 1.29 is 4.79 Å². The minimum absolute atomic E-state index is 0.246. The van der Waals surface area contributed by atoms with E-state index < -0.39 is 0 Å². The molecule has 1 N–H and O–H groups in total. The minimum Gasteiger partial charge on any atom is -0.345 e. The first-order valence-corrected chi connectivity index (χ1v) is 8.00. The summed E-state index contributed by atoms with van der Waals surface area (Å²) in [6.45, 7) is 1.82. The normalized spacial score (nSPS) is 19.1. The van der Waals surface area contributed by atoms with E-state index in [4.69, 9.17) is 0 Å². The predicted molar refractivity (Wildman–Crippen MR) is 81.5 cm³/mol. The zero-order valence-corrected chi connectivity index (χ0v) is 12.3. The van der Waals surface area contributed by atoms with E-state index in [1.165, 1.54) is 5.56 Å². The number of carbonyl (C=O) groups is 1. The van der Waals surface area contributed by atoms with Gasteiger partial charge in [-0.15, -0.1) is 0 Å². The Bertz CT molecular complexity index is 390. The van der Waals surface area contributed by atoms with Gasteiger partial charge in [0, 0.05) is 44.1 Å². The van der Waals surface area contributed by atoms with Gasteiger partial charge >= 0.3 is 0 Å². The summed E-state index contributed by atoms with van der Waals surface area (Å²) in [5, 5.41) is 3.41. The molecule has 1 unspecified atom stereocenters. The predicted octanol–water partition coefficient (Wildman–Crippen LogP) is 1.78. The number of hydrogen-bond donors (Lipinski definition) is 1. The third-order valence-electron chi connectivity index (χ3n) is 3.42. The molecule has 0 radical (unpaired) electrons. The first-order chi connectivity index (χ1) is 9.25. The molecule has 1 fully saturated rings. The maximum Gasteiger partial charge on any atom is 0.223 e. The third kappa shape index (κ3) is 4.88. The highest BCUT2D eigenvalue weighted by Gasteiger charge is 2.18. The fourth-order valence-corrected chi connectivity index (χ4v) is 3.13. The number of thioether (sulfide) groups is 1. The second-order valence-corrected chi connectivity index (χ2v) is 6.13. The third-order valence-corrected chi connectivity index (χ3v) is 4.55. The van der Waals surface area contributed by atoms with Crippen LogP contribution in [-0.4, -0.2) is 48.5 Å². The zero-order valence-electron chi connectivity index (χ0n) is 11.5. The van der Waals surface area contributed by atoms with Gasteiger partial charge in [0.2, 0.25) is 5.91 Å². The molecule has 104 valence electrons. The average molecular weight is 278 g/mol. The van der Waals surface area contributed by atoms with E-state index in [-0.39, 0.29) is 5.91 Å². The van der Waals surface area contributed by atoms with Gasteiger partial charge in [0.1, 0.15) is 0 Å².